The van der Waals surface area contributed by atoms with E-state index in [-0.39, 0.29) is 6.61 Å². The van der Waals surface area contributed by atoms with Crippen LogP contribution in [0, 0.1) is 0 Å². The zero-order valence-electron chi connectivity index (χ0n) is 14.5. The highest BCUT2D eigenvalue weighted by Crippen LogP contribution is 2.30. The van der Waals surface area contributed by atoms with Crippen LogP contribution >= 0.6 is 0 Å². The SMILES string of the molecule is CCOc1ccc(OCC(=O)NC(C)c2cccc(C(F)(F)F)c2)cc1. The van der Waals surface area contributed by atoms with E-state index in [0.717, 1.165) is 12.1 Å². The first-order valence-electron chi connectivity index (χ1n) is 8.11. The van der Waals surface area contributed by atoms with Gasteiger partial charge in [0.1, 0.15) is 11.5 Å². The summed E-state index contributed by atoms with van der Waals surface area (Å²) in [6, 6.07) is 11.1. The molecule has 0 radical (unpaired) electrons. The van der Waals surface area contributed by atoms with Gasteiger partial charge in [-0.2, -0.15) is 13.2 Å². The highest BCUT2D eigenvalue weighted by atomic mass is 19.4. The number of amides is 1. The van der Waals surface area contributed by atoms with Gasteiger partial charge in [-0.25, -0.2) is 0 Å². The highest BCUT2D eigenvalue weighted by molar-refractivity contribution is 5.78. The number of carbonyl (C=O) groups is 1. The van der Waals surface area contributed by atoms with Crippen LogP contribution in [-0.4, -0.2) is 19.1 Å². The standard InChI is InChI=1S/C19H20F3NO3/c1-3-25-16-7-9-17(10-8-16)26-12-18(24)23-13(2)14-5-4-6-15(11-14)19(20,21)22/h4-11,13H,3,12H2,1-2H3,(H,23,24). The molecule has 0 aliphatic heterocycles. The van der Waals surface area contributed by atoms with Gasteiger partial charge in [-0.1, -0.05) is 12.1 Å². The fraction of sp³-hybridized carbons (Fsp3) is 0.316. The van der Waals surface area contributed by atoms with Crippen LogP contribution in [0.2, 0.25) is 0 Å². The summed E-state index contributed by atoms with van der Waals surface area (Å²) in [7, 11) is 0. The van der Waals surface area contributed by atoms with E-state index in [1.165, 1.54) is 12.1 Å². The zero-order valence-corrected chi connectivity index (χ0v) is 14.5. The Bertz CT molecular complexity index is 730. The lowest BCUT2D eigenvalue weighted by atomic mass is 10.0. The molecule has 0 aliphatic rings. The van der Waals surface area contributed by atoms with Gasteiger partial charge in [0.2, 0.25) is 0 Å². The Labute approximate surface area is 149 Å². The van der Waals surface area contributed by atoms with Crippen molar-refractivity contribution in [2.75, 3.05) is 13.2 Å². The second-order valence-corrected chi connectivity index (χ2v) is 5.61. The molecule has 0 aliphatic carbocycles. The maximum atomic E-state index is 12.8. The molecule has 2 aromatic carbocycles. The van der Waals surface area contributed by atoms with E-state index in [4.69, 9.17) is 9.47 Å². The molecule has 1 amide bonds. The van der Waals surface area contributed by atoms with Crippen LogP contribution in [0.25, 0.3) is 0 Å². The van der Waals surface area contributed by atoms with Gasteiger partial charge in [0.05, 0.1) is 18.2 Å². The van der Waals surface area contributed by atoms with E-state index in [0.29, 0.717) is 23.7 Å². The summed E-state index contributed by atoms with van der Waals surface area (Å²) in [6.45, 7) is 3.80. The van der Waals surface area contributed by atoms with Crippen LogP contribution in [0.1, 0.15) is 31.0 Å². The van der Waals surface area contributed by atoms with Crippen molar-refractivity contribution in [1.82, 2.24) is 5.32 Å². The van der Waals surface area contributed by atoms with Crippen molar-refractivity contribution in [3.8, 4) is 11.5 Å². The van der Waals surface area contributed by atoms with Crippen molar-refractivity contribution in [2.45, 2.75) is 26.1 Å². The maximum Gasteiger partial charge on any atom is 0.416 e. The predicted molar refractivity (Wildman–Crippen MR) is 91.1 cm³/mol. The van der Waals surface area contributed by atoms with Gasteiger partial charge in [-0.15, -0.1) is 0 Å². The largest absolute Gasteiger partial charge is 0.494 e. The molecular formula is C19H20F3NO3. The van der Waals surface area contributed by atoms with Gasteiger partial charge in [0.25, 0.3) is 5.91 Å². The number of carbonyl (C=O) groups excluding carboxylic acids is 1. The van der Waals surface area contributed by atoms with E-state index in [2.05, 4.69) is 5.32 Å². The number of nitrogens with one attached hydrogen (secondary N) is 1. The number of hydrogen-bond donors (Lipinski definition) is 1. The Balaban J connectivity index is 1.89. The number of rotatable bonds is 7. The summed E-state index contributed by atoms with van der Waals surface area (Å²) < 4.78 is 49.0. The monoisotopic (exact) mass is 367 g/mol. The molecule has 0 fully saturated rings. The van der Waals surface area contributed by atoms with Crippen LogP contribution in [0.5, 0.6) is 11.5 Å². The first-order valence-corrected chi connectivity index (χ1v) is 8.11. The number of halogens is 3. The Hall–Kier alpha value is -2.70. The third kappa shape index (κ3) is 5.68. The van der Waals surface area contributed by atoms with Crippen LogP contribution in [0.3, 0.4) is 0 Å². The van der Waals surface area contributed by atoms with Crippen molar-refractivity contribution in [2.24, 2.45) is 0 Å². The van der Waals surface area contributed by atoms with E-state index >= 15 is 0 Å². The summed E-state index contributed by atoms with van der Waals surface area (Å²) in [6.07, 6.45) is -4.42. The molecule has 0 bridgehead atoms. The van der Waals surface area contributed by atoms with Crippen molar-refractivity contribution in [1.29, 1.82) is 0 Å². The predicted octanol–water partition coefficient (Wildman–Crippen LogP) is 4.36. The van der Waals surface area contributed by atoms with Crippen molar-refractivity contribution < 1.29 is 27.4 Å². The maximum absolute atomic E-state index is 12.8. The average molecular weight is 367 g/mol. The third-order valence-electron chi connectivity index (χ3n) is 3.60. The van der Waals surface area contributed by atoms with Gasteiger partial charge in [-0.3, -0.25) is 4.79 Å². The molecule has 1 N–H and O–H groups in total. The zero-order chi connectivity index (χ0) is 19.2. The van der Waals surface area contributed by atoms with E-state index in [9.17, 15) is 18.0 Å². The molecule has 2 rings (SSSR count). The van der Waals surface area contributed by atoms with E-state index in [1.807, 2.05) is 6.92 Å². The average Bonchev–Trinajstić information content (AvgIpc) is 2.61. The summed E-state index contributed by atoms with van der Waals surface area (Å²) in [5.74, 6) is 0.765. The van der Waals surface area contributed by atoms with Gasteiger partial charge < -0.3 is 14.8 Å². The molecule has 1 unspecified atom stereocenters. The molecule has 26 heavy (non-hydrogen) atoms. The normalized spacial score (nSPS) is 12.3. The lowest BCUT2D eigenvalue weighted by Gasteiger charge is -2.16. The molecule has 140 valence electrons. The van der Waals surface area contributed by atoms with E-state index < -0.39 is 23.7 Å². The van der Waals surface area contributed by atoms with Gasteiger partial charge in [0, 0.05) is 0 Å². The molecule has 0 saturated heterocycles. The second-order valence-electron chi connectivity index (χ2n) is 5.61. The highest BCUT2D eigenvalue weighted by Gasteiger charge is 2.30. The van der Waals surface area contributed by atoms with Crippen LogP contribution in [-0.2, 0) is 11.0 Å². The van der Waals surface area contributed by atoms with Gasteiger partial charge >= 0.3 is 6.18 Å². The van der Waals surface area contributed by atoms with Crippen LogP contribution in [0.15, 0.2) is 48.5 Å². The number of ether oxygens (including phenoxy) is 2. The second kappa shape index (κ2) is 8.60. The molecule has 2 aromatic rings. The first-order chi connectivity index (χ1) is 12.3. The summed E-state index contributed by atoms with van der Waals surface area (Å²) in [5, 5.41) is 2.62. The molecule has 4 nitrogen and oxygen atoms in total. The minimum absolute atomic E-state index is 0.239. The smallest absolute Gasteiger partial charge is 0.416 e. The first kappa shape index (κ1) is 19.6. The number of alkyl halides is 3. The molecule has 0 spiro atoms. The molecule has 0 heterocycles. The Morgan fingerprint density at radius 1 is 1.08 bits per heavy atom. The fourth-order valence-corrected chi connectivity index (χ4v) is 2.30. The molecular weight excluding hydrogens is 347 g/mol. The van der Waals surface area contributed by atoms with Gasteiger partial charge in [-0.05, 0) is 55.8 Å². The van der Waals surface area contributed by atoms with E-state index in [1.54, 1.807) is 31.2 Å². The van der Waals surface area contributed by atoms with Gasteiger partial charge in [0.15, 0.2) is 6.61 Å². The Kier molecular flexibility index (Phi) is 6.49. The quantitative estimate of drug-likeness (QED) is 0.791. The Morgan fingerprint density at radius 3 is 2.27 bits per heavy atom. The topological polar surface area (TPSA) is 47.6 Å². The molecule has 1 atom stereocenters. The number of benzene rings is 2. The Morgan fingerprint density at radius 2 is 1.69 bits per heavy atom. The molecule has 7 heteroatoms. The number of hydrogen-bond acceptors (Lipinski definition) is 3. The third-order valence-corrected chi connectivity index (χ3v) is 3.60. The molecule has 0 saturated carbocycles. The minimum Gasteiger partial charge on any atom is -0.494 e. The van der Waals surface area contributed by atoms with Crippen molar-refractivity contribution >= 4 is 5.91 Å². The minimum atomic E-state index is -4.42. The summed E-state index contributed by atoms with van der Waals surface area (Å²) in [5.41, 5.74) is -0.379. The van der Waals surface area contributed by atoms with Crippen LogP contribution < -0.4 is 14.8 Å². The van der Waals surface area contributed by atoms with Crippen molar-refractivity contribution in [3.63, 3.8) is 0 Å². The fourth-order valence-electron chi connectivity index (χ4n) is 2.30. The lowest BCUT2D eigenvalue weighted by molar-refractivity contribution is -0.137. The van der Waals surface area contributed by atoms with Crippen LogP contribution in [0.4, 0.5) is 13.2 Å². The summed E-state index contributed by atoms with van der Waals surface area (Å²) in [4.78, 5) is 12.0. The molecule has 0 aromatic heterocycles. The lowest BCUT2D eigenvalue weighted by Crippen LogP contribution is -2.31. The summed E-state index contributed by atoms with van der Waals surface area (Å²) >= 11 is 0. The van der Waals surface area contributed by atoms with Crippen molar-refractivity contribution in [3.05, 3.63) is 59.7 Å².